The Hall–Kier alpha value is -0.660. The van der Waals surface area contributed by atoms with Gasteiger partial charge in [-0.25, -0.2) is 0 Å². The van der Waals surface area contributed by atoms with Gasteiger partial charge in [0.2, 0.25) is 0 Å². The Kier molecular flexibility index (Phi) is 9.81. The number of unbranched alkanes of at least 4 members (excludes halogenated alkanes) is 4. The third-order valence-corrected chi connectivity index (χ3v) is 3.66. The highest BCUT2D eigenvalue weighted by molar-refractivity contribution is 7.87. The van der Waals surface area contributed by atoms with Gasteiger partial charge < -0.3 is 9.02 Å². The lowest BCUT2D eigenvalue weighted by Gasteiger charge is -2.16. The highest BCUT2D eigenvalue weighted by Crippen LogP contribution is 2.08. The van der Waals surface area contributed by atoms with Crippen LogP contribution in [0.15, 0.2) is 0 Å². The molecular weight excluding hydrogens is 270 g/mol. The predicted molar refractivity (Wildman–Crippen MR) is 72.6 cm³/mol. The van der Waals surface area contributed by atoms with E-state index >= 15 is 0 Å². The molecule has 7 heteroatoms. The number of hydroxylamine groups is 2. The number of hydrogen-bond acceptors (Lipinski definition) is 6. The molecule has 114 valence electrons. The maximum Gasteiger partial charge on any atom is 0.327 e. The topological polar surface area (TPSA) is 72.9 Å². The first-order valence-electron chi connectivity index (χ1n) is 6.69. The number of hydrogen-bond donors (Lipinski definition) is 0. The zero-order chi connectivity index (χ0) is 14.7. The van der Waals surface area contributed by atoms with Crippen LogP contribution in [0.3, 0.4) is 0 Å². The van der Waals surface area contributed by atoms with Crippen LogP contribution < -0.4 is 0 Å². The number of rotatable bonds is 11. The van der Waals surface area contributed by atoms with Crippen LogP contribution in [-0.2, 0) is 23.9 Å². The van der Waals surface area contributed by atoms with Gasteiger partial charge in [0.15, 0.2) is 5.88 Å². The van der Waals surface area contributed by atoms with E-state index in [1.165, 1.54) is 12.2 Å². The van der Waals surface area contributed by atoms with Crippen LogP contribution in [0.25, 0.3) is 0 Å². The molecule has 0 aromatic heterocycles. The second kappa shape index (κ2) is 10.2. The summed E-state index contributed by atoms with van der Waals surface area (Å²) in [7, 11) is -2.53. The molecule has 0 aromatic carbocycles. The molecule has 0 bridgehead atoms. The monoisotopic (exact) mass is 295 g/mol. The molecule has 0 amide bonds. The Balaban J connectivity index is 3.96. The van der Waals surface area contributed by atoms with Crippen molar-refractivity contribution in [3.05, 3.63) is 0 Å². The first kappa shape index (κ1) is 18.3. The second-order valence-corrected chi connectivity index (χ2v) is 5.83. The standard InChI is InChI=1S/C12H25NO5S/c1-4-6-7-8-9-10-12(14)18-19(15,16)11-13(5-2)17-3/h4-11H2,1-3H3. The van der Waals surface area contributed by atoms with E-state index in [9.17, 15) is 13.2 Å². The minimum atomic E-state index is -3.90. The third kappa shape index (κ3) is 9.86. The molecule has 0 radical (unpaired) electrons. The Bertz CT molecular complexity index is 338. The molecule has 0 fully saturated rings. The van der Waals surface area contributed by atoms with Gasteiger partial charge in [-0.2, -0.15) is 13.5 Å². The van der Waals surface area contributed by atoms with Gasteiger partial charge in [0.05, 0.1) is 7.11 Å². The number of nitrogens with zero attached hydrogens (tertiary/aromatic N) is 1. The molecule has 0 aliphatic rings. The van der Waals surface area contributed by atoms with Crippen LogP contribution in [0.2, 0.25) is 0 Å². The first-order valence-corrected chi connectivity index (χ1v) is 8.27. The molecule has 19 heavy (non-hydrogen) atoms. The van der Waals surface area contributed by atoms with Crippen molar-refractivity contribution in [1.29, 1.82) is 0 Å². The van der Waals surface area contributed by atoms with Crippen molar-refractivity contribution < 1.29 is 22.2 Å². The number of carbonyl (C=O) groups is 1. The molecule has 0 heterocycles. The van der Waals surface area contributed by atoms with E-state index in [1.807, 2.05) is 0 Å². The van der Waals surface area contributed by atoms with Gasteiger partial charge in [-0.15, -0.1) is 0 Å². The summed E-state index contributed by atoms with van der Waals surface area (Å²) in [5.74, 6) is -1.13. The average Bonchev–Trinajstić information content (AvgIpc) is 2.35. The van der Waals surface area contributed by atoms with E-state index in [0.29, 0.717) is 13.0 Å². The molecule has 0 unspecified atom stereocenters. The maximum absolute atomic E-state index is 11.5. The van der Waals surface area contributed by atoms with Crippen molar-refractivity contribution in [3.8, 4) is 0 Å². The van der Waals surface area contributed by atoms with E-state index in [4.69, 9.17) is 4.84 Å². The summed E-state index contributed by atoms with van der Waals surface area (Å²) in [6.07, 6.45) is 5.04. The summed E-state index contributed by atoms with van der Waals surface area (Å²) >= 11 is 0. The van der Waals surface area contributed by atoms with Crippen molar-refractivity contribution in [2.24, 2.45) is 0 Å². The van der Waals surface area contributed by atoms with E-state index < -0.39 is 22.0 Å². The van der Waals surface area contributed by atoms with Gasteiger partial charge in [-0.05, 0) is 6.42 Å². The van der Waals surface area contributed by atoms with Gasteiger partial charge in [0.1, 0.15) is 0 Å². The molecule has 0 aromatic rings. The van der Waals surface area contributed by atoms with Crippen LogP contribution >= 0.6 is 0 Å². The normalized spacial score (nSPS) is 11.8. The molecule has 0 rings (SSSR count). The third-order valence-electron chi connectivity index (χ3n) is 2.62. The van der Waals surface area contributed by atoms with Crippen molar-refractivity contribution in [1.82, 2.24) is 5.06 Å². The molecule has 0 aliphatic heterocycles. The largest absolute Gasteiger partial charge is 0.345 e. The predicted octanol–water partition coefficient (Wildman–Crippen LogP) is 2.06. The molecule has 0 spiro atoms. The summed E-state index contributed by atoms with van der Waals surface area (Å²) in [5, 5.41) is 1.20. The zero-order valence-electron chi connectivity index (χ0n) is 12.1. The van der Waals surface area contributed by atoms with Crippen molar-refractivity contribution >= 4 is 16.1 Å². The fraction of sp³-hybridized carbons (Fsp3) is 0.917. The van der Waals surface area contributed by atoms with Gasteiger partial charge in [-0.1, -0.05) is 39.5 Å². The lowest BCUT2D eigenvalue weighted by atomic mass is 10.1. The van der Waals surface area contributed by atoms with Crippen LogP contribution in [-0.4, -0.2) is 39.0 Å². The smallest absolute Gasteiger partial charge is 0.327 e. The number of carbonyl (C=O) groups excluding carboxylic acids is 1. The lowest BCUT2D eigenvalue weighted by molar-refractivity contribution is -0.135. The van der Waals surface area contributed by atoms with Crippen LogP contribution in [0.5, 0.6) is 0 Å². The van der Waals surface area contributed by atoms with Gasteiger partial charge >= 0.3 is 16.1 Å². The minimum absolute atomic E-state index is 0.141. The molecule has 6 nitrogen and oxygen atoms in total. The highest BCUT2D eigenvalue weighted by Gasteiger charge is 2.20. The van der Waals surface area contributed by atoms with Crippen LogP contribution in [0.4, 0.5) is 0 Å². The Morgan fingerprint density at radius 2 is 1.74 bits per heavy atom. The fourth-order valence-corrected chi connectivity index (χ4v) is 2.59. The molecule has 0 N–H and O–H groups in total. The molecule has 0 aliphatic carbocycles. The lowest BCUT2D eigenvalue weighted by Crippen LogP contribution is -2.31. The SMILES string of the molecule is CCCCCCCC(=O)OS(=O)(=O)CN(CC)OC. The van der Waals surface area contributed by atoms with Crippen LogP contribution in [0, 0.1) is 0 Å². The van der Waals surface area contributed by atoms with Crippen molar-refractivity contribution in [3.63, 3.8) is 0 Å². The summed E-state index contributed by atoms with van der Waals surface area (Å²) in [5.41, 5.74) is 0. The van der Waals surface area contributed by atoms with E-state index in [0.717, 1.165) is 25.7 Å². The highest BCUT2D eigenvalue weighted by atomic mass is 32.2. The average molecular weight is 295 g/mol. The molecule has 0 saturated heterocycles. The summed E-state index contributed by atoms with van der Waals surface area (Å²) in [6.45, 7) is 4.25. The van der Waals surface area contributed by atoms with Gasteiger partial charge in [0, 0.05) is 13.0 Å². The molecular formula is C12H25NO5S. The van der Waals surface area contributed by atoms with E-state index in [1.54, 1.807) is 6.92 Å². The first-order chi connectivity index (χ1) is 8.95. The van der Waals surface area contributed by atoms with Crippen molar-refractivity contribution in [2.45, 2.75) is 52.4 Å². The second-order valence-electron chi connectivity index (χ2n) is 4.29. The molecule has 0 saturated carbocycles. The summed E-state index contributed by atoms with van der Waals surface area (Å²) < 4.78 is 27.6. The summed E-state index contributed by atoms with van der Waals surface area (Å²) in [6, 6.07) is 0. The zero-order valence-corrected chi connectivity index (χ0v) is 12.9. The Morgan fingerprint density at radius 3 is 2.26 bits per heavy atom. The molecule has 0 atom stereocenters. The summed E-state index contributed by atoms with van der Waals surface area (Å²) in [4.78, 5) is 16.2. The fourth-order valence-electron chi connectivity index (χ4n) is 1.53. The minimum Gasteiger partial charge on any atom is -0.345 e. The Labute approximate surface area is 116 Å². The van der Waals surface area contributed by atoms with E-state index in [2.05, 4.69) is 11.1 Å². The van der Waals surface area contributed by atoms with E-state index in [-0.39, 0.29) is 6.42 Å². The quantitative estimate of drug-likeness (QED) is 0.330. The van der Waals surface area contributed by atoms with Crippen molar-refractivity contribution in [2.75, 3.05) is 19.5 Å². The maximum atomic E-state index is 11.5. The van der Waals surface area contributed by atoms with Crippen LogP contribution in [0.1, 0.15) is 52.4 Å². The van der Waals surface area contributed by atoms with Gasteiger partial charge in [-0.3, -0.25) is 4.79 Å². The Morgan fingerprint density at radius 1 is 1.11 bits per heavy atom. The van der Waals surface area contributed by atoms with Gasteiger partial charge in [0.25, 0.3) is 0 Å².